The molecule has 0 spiro atoms. The number of anilines is 3. The highest BCUT2D eigenvalue weighted by molar-refractivity contribution is 6.01. The van der Waals surface area contributed by atoms with E-state index in [4.69, 9.17) is 9.15 Å². The van der Waals surface area contributed by atoms with Crippen molar-refractivity contribution in [3.8, 4) is 0 Å². The van der Waals surface area contributed by atoms with Crippen molar-refractivity contribution < 1.29 is 23.5 Å². The number of oxazole rings is 1. The second-order valence-electron chi connectivity index (χ2n) is 9.25. The van der Waals surface area contributed by atoms with Crippen LogP contribution in [0, 0.1) is 0 Å². The third kappa shape index (κ3) is 5.49. The minimum atomic E-state index is -0.491. The maximum absolute atomic E-state index is 12.9. The Kier molecular flexibility index (Phi) is 7.72. The van der Waals surface area contributed by atoms with E-state index in [0.717, 1.165) is 45.8 Å². The number of benzene rings is 3. The number of aromatic nitrogens is 1. The van der Waals surface area contributed by atoms with Gasteiger partial charge in [0.1, 0.15) is 12.7 Å². The number of amides is 2. The molecule has 2 heterocycles. The number of carbonyl (C=O) groups excluding carboxylic acids is 3. The molecule has 0 radical (unpaired) electrons. The van der Waals surface area contributed by atoms with E-state index in [0.29, 0.717) is 30.1 Å². The van der Waals surface area contributed by atoms with Gasteiger partial charge in [0.15, 0.2) is 0 Å². The van der Waals surface area contributed by atoms with Gasteiger partial charge in [-0.3, -0.25) is 9.59 Å². The number of fused-ring (bicyclic) bond motifs is 1. The molecular formula is C31H28N4O5. The highest BCUT2D eigenvalue weighted by Crippen LogP contribution is 2.35. The summed E-state index contributed by atoms with van der Waals surface area (Å²) in [7, 11) is 1.31. The fourth-order valence-electron chi connectivity index (χ4n) is 4.87. The third-order valence-corrected chi connectivity index (χ3v) is 6.83. The van der Waals surface area contributed by atoms with Gasteiger partial charge >= 0.3 is 5.97 Å². The van der Waals surface area contributed by atoms with Gasteiger partial charge in [0.25, 0.3) is 0 Å². The van der Waals surface area contributed by atoms with Crippen LogP contribution in [0.1, 0.15) is 39.9 Å². The molecule has 0 fully saturated rings. The molecule has 1 aliphatic heterocycles. The van der Waals surface area contributed by atoms with Crippen LogP contribution in [0.15, 0.2) is 83.6 Å². The number of nitrogens with one attached hydrogen (secondary N) is 2. The average molecular weight is 537 g/mol. The topological polar surface area (TPSA) is 114 Å². The first-order valence-electron chi connectivity index (χ1n) is 12.8. The molecule has 2 amide bonds. The molecule has 3 aromatic carbocycles. The van der Waals surface area contributed by atoms with Crippen LogP contribution in [0.4, 0.5) is 17.1 Å². The Morgan fingerprint density at radius 1 is 1.07 bits per heavy atom. The first kappa shape index (κ1) is 26.4. The zero-order chi connectivity index (χ0) is 28.1. The van der Waals surface area contributed by atoms with Crippen LogP contribution in [0.25, 0.3) is 11.3 Å². The number of methoxy groups -OCH3 is 1. The summed E-state index contributed by atoms with van der Waals surface area (Å²) < 4.78 is 10.1. The standard InChI is InChI=1S/C31H28N4O5/c1-20(25-10-8-23(31(38)39-2)17-26(25)33-19-36)30(21-6-4-3-5-7-21)34-24-9-11-27-22(16-24)12-14-35(27)29(37)18-28-32-13-15-40-28/h3-11,13,15-17,19,34H,12,14,18H2,1-2H3,(H,33,36)/b30-20+. The molecule has 5 rings (SSSR count). The van der Waals surface area contributed by atoms with E-state index in [9.17, 15) is 14.4 Å². The van der Waals surface area contributed by atoms with E-state index in [-0.39, 0.29) is 12.3 Å². The van der Waals surface area contributed by atoms with E-state index in [1.807, 2.05) is 49.4 Å². The van der Waals surface area contributed by atoms with Gasteiger partial charge in [-0.15, -0.1) is 0 Å². The lowest BCUT2D eigenvalue weighted by atomic mass is 9.97. The van der Waals surface area contributed by atoms with Gasteiger partial charge in [0, 0.05) is 34.9 Å². The molecule has 2 N–H and O–H groups in total. The molecule has 0 unspecified atom stereocenters. The van der Waals surface area contributed by atoms with Crippen LogP contribution in [-0.2, 0) is 27.2 Å². The lowest BCUT2D eigenvalue weighted by Gasteiger charge is -2.20. The van der Waals surface area contributed by atoms with Crippen LogP contribution >= 0.6 is 0 Å². The number of esters is 1. The monoisotopic (exact) mass is 536 g/mol. The van der Waals surface area contributed by atoms with Crippen molar-refractivity contribution in [1.82, 2.24) is 4.98 Å². The zero-order valence-corrected chi connectivity index (χ0v) is 22.1. The summed E-state index contributed by atoms with van der Waals surface area (Å²) in [5.41, 5.74) is 6.98. The van der Waals surface area contributed by atoms with Crippen LogP contribution in [0.5, 0.6) is 0 Å². The molecule has 0 saturated heterocycles. The predicted octanol–water partition coefficient (Wildman–Crippen LogP) is 5.16. The smallest absolute Gasteiger partial charge is 0.337 e. The molecule has 9 nitrogen and oxygen atoms in total. The molecule has 1 aromatic heterocycles. The molecule has 0 saturated carbocycles. The molecule has 4 aromatic rings. The molecule has 0 atom stereocenters. The normalized spacial score (nSPS) is 12.8. The Labute approximate surface area is 231 Å². The Balaban J connectivity index is 1.49. The highest BCUT2D eigenvalue weighted by atomic mass is 16.5. The van der Waals surface area contributed by atoms with E-state index >= 15 is 0 Å². The number of nitrogens with zero attached hydrogens (tertiary/aromatic N) is 2. The van der Waals surface area contributed by atoms with Crippen molar-refractivity contribution in [3.05, 3.63) is 107 Å². The number of hydrogen-bond acceptors (Lipinski definition) is 7. The number of hydrogen-bond donors (Lipinski definition) is 2. The van der Waals surface area contributed by atoms with Gasteiger partial charge in [0.05, 0.1) is 18.9 Å². The molecular weight excluding hydrogens is 508 g/mol. The molecule has 1 aliphatic rings. The molecule has 202 valence electrons. The number of allylic oxidation sites excluding steroid dienone is 1. The van der Waals surface area contributed by atoms with Crippen molar-refractivity contribution >= 4 is 46.6 Å². The Hall–Kier alpha value is -5.18. The molecule has 9 heteroatoms. The summed E-state index contributed by atoms with van der Waals surface area (Å²) in [6.45, 7) is 2.54. The highest BCUT2D eigenvalue weighted by Gasteiger charge is 2.26. The largest absolute Gasteiger partial charge is 0.465 e. The summed E-state index contributed by atoms with van der Waals surface area (Å²) in [5, 5.41) is 6.28. The summed E-state index contributed by atoms with van der Waals surface area (Å²) in [5.74, 6) is -0.157. The number of rotatable bonds is 9. The lowest BCUT2D eigenvalue weighted by Crippen LogP contribution is -2.30. The summed E-state index contributed by atoms with van der Waals surface area (Å²) in [6.07, 6.45) is 4.41. The van der Waals surface area contributed by atoms with E-state index < -0.39 is 5.97 Å². The fourth-order valence-corrected chi connectivity index (χ4v) is 4.87. The van der Waals surface area contributed by atoms with Crippen molar-refractivity contribution in [2.24, 2.45) is 0 Å². The second-order valence-corrected chi connectivity index (χ2v) is 9.25. The van der Waals surface area contributed by atoms with Gasteiger partial charge in [-0.2, -0.15) is 0 Å². The maximum atomic E-state index is 12.9. The summed E-state index contributed by atoms with van der Waals surface area (Å²) in [6, 6.07) is 20.8. The van der Waals surface area contributed by atoms with Crippen LogP contribution < -0.4 is 15.5 Å². The van der Waals surface area contributed by atoms with Crippen molar-refractivity contribution in [1.29, 1.82) is 0 Å². The Morgan fingerprint density at radius 2 is 1.90 bits per heavy atom. The van der Waals surface area contributed by atoms with Crippen molar-refractivity contribution in [2.75, 3.05) is 29.2 Å². The SMILES string of the molecule is COC(=O)c1ccc(/C(C)=C(/Nc2ccc3c(c2)CCN3C(=O)Cc2ncco2)c2ccccc2)c(NC=O)c1. The maximum Gasteiger partial charge on any atom is 0.337 e. The van der Waals surface area contributed by atoms with Gasteiger partial charge in [-0.05, 0) is 60.4 Å². The lowest BCUT2D eigenvalue weighted by molar-refractivity contribution is -0.118. The van der Waals surface area contributed by atoms with Crippen LogP contribution in [0.3, 0.4) is 0 Å². The van der Waals surface area contributed by atoms with Gasteiger partial charge in [-0.1, -0.05) is 36.4 Å². The van der Waals surface area contributed by atoms with Gasteiger partial charge < -0.3 is 24.7 Å². The zero-order valence-electron chi connectivity index (χ0n) is 22.1. The summed E-state index contributed by atoms with van der Waals surface area (Å²) in [4.78, 5) is 42.2. The number of ether oxygens (including phenoxy) is 1. The first-order valence-corrected chi connectivity index (χ1v) is 12.8. The van der Waals surface area contributed by atoms with E-state index in [1.54, 1.807) is 23.1 Å². The second kappa shape index (κ2) is 11.7. The average Bonchev–Trinajstić information content (AvgIpc) is 3.65. The minimum absolute atomic E-state index is 0.0618. The van der Waals surface area contributed by atoms with Gasteiger partial charge in [-0.25, -0.2) is 9.78 Å². The fraction of sp³-hybridized carbons (Fsp3) is 0.161. The van der Waals surface area contributed by atoms with Crippen molar-refractivity contribution in [3.63, 3.8) is 0 Å². The quantitative estimate of drug-likeness (QED) is 0.173. The predicted molar refractivity (Wildman–Crippen MR) is 153 cm³/mol. The Bertz CT molecular complexity index is 1580. The van der Waals surface area contributed by atoms with E-state index in [1.165, 1.54) is 19.6 Å². The summed E-state index contributed by atoms with van der Waals surface area (Å²) >= 11 is 0. The van der Waals surface area contributed by atoms with Crippen molar-refractivity contribution in [2.45, 2.75) is 19.8 Å². The van der Waals surface area contributed by atoms with Gasteiger partial charge in [0.2, 0.25) is 18.2 Å². The van der Waals surface area contributed by atoms with E-state index in [2.05, 4.69) is 21.7 Å². The molecule has 40 heavy (non-hydrogen) atoms. The van der Waals surface area contributed by atoms with Crippen LogP contribution in [0.2, 0.25) is 0 Å². The third-order valence-electron chi connectivity index (χ3n) is 6.83. The number of carbonyl (C=O) groups is 3. The minimum Gasteiger partial charge on any atom is -0.465 e. The Morgan fingerprint density at radius 3 is 2.62 bits per heavy atom. The molecule has 0 aliphatic carbocycles. The first-order chi connectivity index (χ1) is 19.5. The molecule has 0 bridgehead atoms. The van der Waals surface area contributed by atoms with Crippen LogP contribution in [-0.4, -0.2) is 36.9 Å².